The number of halogens is 1. The predicted octanol–water partition coefficient (Wildman–Crippen LogP) is 5.04. The summed E-state index contributed by atoms with van der Waals surface area (Å²) in [6, 6.07) is 12.7. The molecule has 2 aromatic heterocycles. The molecule has 0 unspecified atom stereocenters. The van der Waals surface area contributed by atoms with Crippen LogP contribution in [0.1, 0.15) is 49.0 Å². The summed E-state index contributed by atoms with van der Waals surface area (Å²) >= 11 is 6.20. The van der Waals surface area contributed by atoms with Crippen molar-refractivity contribution >= 4 is 23.4 Å². The number of piperidine rings is 1. The zero-order chi connectivity index (χ0) is 23.5. The van der Waals surface area contributed by atoms with Crippen molar-refractivity contribution in [2.45, 2.75) is 38.5 Å². The van der Waals surface area contributed by atoms with Crippen LogP contribution in [0.5, 0.6) is 0 Å². The molecule has 5 rings (SSSR count). The molecule has 2 aliphatic rings. The zero-order valence-electron chi connectivity index (χ0n) is 19.2. The van der Waals surface area contributed by atoms with Crippen LogP contribution in [0.2, 0.25) is 5.02 Å². The van der Waals surface area contributed by atoms with Crippen molar-refractivity contribution in [2.75, 3.05) is 26.2 Å². The second-order valence-corrected chi connectivity index (χ2v) is 9.53. The number of nitrogens with zero attached hydrogens (tertiary/aromatic N) is 4. The summed E-state index contributed by atoms with van der Waals surface area (Å²) in [4.78, 5) is 30.2. The molecule has 0 N–H and O–H groups in total. The van der Waals surface area contributed by atoms with E-state index in [1.165, 1.54) is 12.8 Å². The van der Waals surface area contributed by atoms with E-state index >= 15 is 0 Å². The Morgan fingerprint density at radius 2 is 1.68 bits per heavy atom. The van der Waals surface area contributed by atoms with E-state index in [9.17, 15) is 9.59 Å². The van der Waals surface area contributed by atoms with E-state index in [0.29, 0.717) is 48.1 Å². The Balaban J connectivity index is 1.31. The monoisotopic (exact) mass is 480 g/mol. The molecular weight excluding hydrogens is 452 g/mol. The maximum Gasteiger partial charge on any atom is 0.274 e. The maximum absolute atomic E-state index is 13.4. The Labute approximate surface area is 204 Å². The minimum absolute atomic E-state index is 0.00449. The maximum atomic E-state index is 13.4. The third-order valence-corrected chi connectivity index (χ3v) is 7.04. The molecule has 0 aliphatic carbocycles. The number of carbonyl (C=O) groups excluding carboxylic acids is 2. The number of rotatable bonds is 4. The first kappa shape index (κ1) is 22.7. The molecule has 2 saturated heterocycles. The number of furan rings is 1. The molecule has 8 heteroatoms. The zero-order valence-corrected chi connectivity index (χ0v) is 19.9. The Hall–Kier alpha value is -3.06. The highest BCUT2D eigenvalue weighted by molar-refractivity contribution is 6.30. The standard InChI is InChI=1S/C26H29ClN4O3/c27-20-7-5-8-21(17-20)31-23(24-9-6-16-34-24)18-22(28-31)26(33)30-14-10-19(11-15-30)25(32)29-12-3-1-2-4-13-29/h5-9,16-19H,1-4,10-15H2. The first-order valence-corrected chi connectivity index (χ1v) is 12.5. The summed E-state index contributed by atoms with van der Waals surface area (Å²) < 4.78 is 7.28. The number of hydrogen-bond donors (Lipinski definition) is 0. The smallest absolute Gasteiger partial charge is 0.274 e. The highest BCUT2D eigenvalue weighted by atomic mass is 35.5. The van der Waals surface area contributed by atoms with Gasteiger partial charge in [0.1, 0.15) is 5.69 Å². The third-order valence-electron chi connectivity index (χ3n) is 6.80. The number of amides is 2. The lowest BCUT2D eigenvalue weighted by Gasteiger charge is -2.33. The van der Waals surface area contributed by atoms with Gasteiger partial charge in [-0.05, 0) is 56.0 Å². The topological polar surface area (TPSA) is 71.6 Å². The average molecular weight is 481 g/mol. The largest absolute Gasteiger partial charge is 0.463 e. The first-order chi connectivity index (χ1) is 16.6. The van der Waals surface area contributed by atoms with E-state index in [1.54, 1.807) is 35.2 Å². The molecule has 7 nitrogen and oxygen atoms in total. The van der Waals surface area contributed by atoms with Crippen molar-refractivity contribution in [3.05, 3.63) is 59.4 Å². The lowest BCUT2D eigenvalue weighted by atomic mass is 9.95. The minimum Gasteiger partial charge on any atom is -0.463 e. The Morgan fingerprint density at radius 3 is 2.35 bits per heavy atom. The third kappa shape index (κ3) is 4.75. The quantitative estimate of drug-likeness (QED) is 0.524. The second kappa shape index (κ2) is 10.1. The van der Waals surface area contributed by atoms with Gasteiger partial charge >= 0.3 is 0 Å². The van der Waals surface area contributed by atoms with Crippen LogP contribution in [0.4, 0.5) is 0 Å². The van der Waals surface area contributed by atoms with Crippen molar-refractivity contribution in [3.63, 3.8) is 0 Å². The van der Waals surface area contributed by atoms with Crippen molar-refractivity contribution in [3.8, 4) is 17.1 Å². The van der Waals surface area contributed by atoms with Gasteiger partial charge in [0.15, 0.2) is 11.5 Å². The highest BCUT2D eigenvalue weighted by Gasteiger charge is 2.32. The van der Waals surface area contributed by atoms with Gasteiger partial charge in [-0.2, -0.15) is 5.10 Å². The molecule has 0 saturated carbocycles. The van der Waals surface area contributed by atoms with E-state index < -0.39 is 0 Å². The molecule has 1 aromatic carbocycles. The summed E-state index contributed by atoms with van der Waals surface area (Å²) in [5.74, 6) is 0.756. The summed E-state index contributed by atoms with van der Waals surface area (Å²) in [7, 11) is 0. The van der Waals surface area contributed by atoms with Crippen LogP contribution in [0.25, 0.3) is 17.1 Å². The molecule has 2 amide bonds. The number of carbonyl (C=O) groups is 2. The van der Waals surface area contributed by atoms with Gasteiger partial charge in [-0.1, -0.05) is 30.5 Å². The number of aromatic nitrogens is 2. The van der Waals surface area contributed by atoms with Crippen LogP contribution in [0, 0.1) is 5.92 Å². The van der Waals surface area contributed by atoms with Crippen LogP contribution in [-0.4, -0.2) is 57.6 Å². The first-order valence-electron chi connectivity index (χ1n) is 12.1. The van der Waals surface area contributed by atoms with Crippen LogP contribution < -0.4 is 0 Å². The number of likely N-dealkylation sites (tertiary alicyclic amines) is 2. The molecule has 178 valence electrons. The molecule has 3 aromatic rings. The van der Waals surface area contributed by atoms with Gasteiger partial charge in [-0.3, -0.25) is 9.59 Å². The van der Waals surface area contributed by atoms with Crippen molar-refractivity contribution in [2.24, 2.45) is 5.92 Å². The highest BCUT2D eigenvalue weighted by Crippen LogP contribution is 2.28. The Kier molecular flexibility index (Phi) is 6.72. The molecule has 4 heterocycles. The molecule has 2 aliphatic heterocycles. The predicted molar refractivity (Wildman–Crippen MR) is 130 cm³/mol. The lowest BCUT2D eigenvalue weighted by Crippen LogP contribution is -2.44. The van der Waals surface area contributed by atoms with E-state index in [0.717, 1.165) is 31.6 Å². The van der Waals surface area contributed by atoms with Crippen LogP contribution in [-0.2, 0) is 4.79 Å². The fourth-order valence-corrected chi connectivity index (χ4v) is 5.12. The SMILES string of the molecule is O=C(c1cc(-c2ccco2)n(-c2cccc(Cl)c2)n1)N1CCC(C(=O)N2CCCCCC2)CC1. The van der Waals surface area contributed by atoms with E-state index in [-0.39, 0.29) is 17.7 Å². The van der Waals surface area contributed by atoms with E-state index in [1.807, 2.05) is 28.0 Å². The van der Waals surface area contributed by atoms with Gasteiger partial charge < -0.3 is 14.2 Å². The fraction of sp³-hybridized carbons (Fsp3) is 0.423. The van der Waals surface area contributed by atoms with Crippen LogP contribution in [0.3, 0.4) is 0 Å². The summed E-state index contributed by atoms with van der Waals surface area (Å²) in [5, 5.41) is 5.21. The fourth-order valence-electron chi connectivity index (χ4n) is 4.93. The molecule has 2 fully saturated rings. The lowest BCUT2D eigenvalue weighted by molar-refractivity contribution is -0.136. The van der Waals surface area contributed by atoms with Crippen LogP contribution in [0.15, 0.2) is 53.1 Å². The van der Waals surface area contributed by atoms with E-state index in [2.05, 4.69) is 5.10 Å². The molecular formula is C26H29ClN4O3. The Bertz CT molecular complexity index is 1140. The second-order valence-electron chi connectivity index (χ2n) is 9.09. The molecule has 0 bridgehead atoms. The van der Waals surface area contributed by atoms with Crippen molar-refractivity contribution in [1.29, 1.82) is 0 Å². The molecule has 34 heavy (non-hydrogen) atoms. The van der Waals surface area contributed by atoms with Gasteiger partial charge in [-0.15, -0.1) is 0 Å². The van der Waals surface area contributed by atoms with Crippen LogP contribution >= 0.6 is 11.6 Å². The van der Waals surface area contributed by atoms with Gasteiger partial charge in [0.25, 0.3) is 5.91 Å². The van der Waals surface area contributed by atoms with E-state index in [4.69, 9.17) is 16.0 Å². The summed E-state index contributed by atoms with van der Waals surface area (Å²) in [6.45, 7) is 2.86. The van der Waals surface area contributed by atoms with Gasteiger partial charge in [-0.25, -0.2) is 4.68 Å². The minimum atomic E-state index is -0.130. The van der Waals surface area contributed by atoms with Gasteiger partial charge in [0, 0.05) is 43.2 Å². The molecule has 0 spiro atoms. The summed E-state index contributed by atoms with van der Waals surface area (Å²) in [5.41, 5.74) is 1.78. The Morgan fingerprint density at radius 1 is 0.912 bits per heavy atom. The average Bonchev–Trinajstić information content (AvgIpc) is 3.47. The van der Waals surface area contributed by atoms with Crippen molar-refractivity contribution < 1.29 is 14.0 Å². The van der Waals surface area contributed by atoms with Gasteiger partial charge in [0.05, 0.1) is 12.0 Å². The normalized spacial score (nSPS) is 17.6. The summed E-state index contributed by atoms with van der Waals surface area (Å²) in [6.07, 6.45) is 7.59. The molecule has 0 radical (unpaired) electrons. The van der Waals surface area contributed by atoms with Crippen molar-refractivity contribution in [1.82, 2.24) is 19.6 Å². The number of benzene rings is 1. The molecule has 0 atom stereocenters. The number of hydrogen-bond acceptors (Lipinski definition) is 4. The van der Waals surface area contributed by atoms with Gasteiger partial charge in [0.2, 0.25) is 5.91 Å².